The molecule has 0 aromatic heterocycles. The lowest BCUT2D eigenvalue weighted by Gasteiger charge is -2.13. The molecule has 0 amide bonds. The molecule has 0 fully saturated rings. The van der Waals surface area contributed by atoms with Crippen molar-refractivity contribution in [3.8, 4) is 6.07 Å². The Hall–Kier alpha value is -3.52. The predicted octanol–water partition coefficient (Wildman–Crippen LogP) is 3.89. The zero-order valence-corrected chi connectivity index (χ0v) is 16.3. The summed E-state index contributed by atoms with van der Waals surface area (Å²) in [5.74, 6) is -0.852. The second-order valence-electron chi connectivity index (χ2n) is 5.71. The molecule has 0 aliphatic carbocycles. The monoisotopic (exact) mass is 439 g/mol. The molecule has 0 radical (unpaired) electrons. The molecule has 0 heterocycles. The number of benzene rings is 2. The van der Waals surface area contributed by atoms with Crippen LogP contribution < -0.4 is 10.0 Å². The molecule has 0 aliphatic rings. The minimum atomic E-state index is -4.59. The third-order valence-corrected chi connectivity index (χ3v) is 5.03. The highest BCUT2D eigenvalue weighted by molar-refractivity contribution is 7.92. The second-order valence-corrected chi connectivity index (χ2v) is 7.39. The Morgan fingerprint density at radius 1 is 1.13 bits per heavy atom. The number of esters is 1. The summed E-state index contributed by atoms with van der Waals surface area (Å²) in [6, 6.07) is 10.6. The highest BCUT2D eigenvalue weighted by atomic mass is 32.2. The molecule has 0 spiro atoms. The van der Waals surface area contributed by atoms with Crippen LogP contribution >= 0.6 is 0 Å². The fourth-order valence-corrected chi connectivity index (χ4v) is 3.30. The normalized spacial score (nSPS) is 12.0. The van der Waals surface area contributed by atoms with E-state index in [1.54, 1.807) is 19.1 Å². The number of nitrogens with zero attached hydrogens (tertiary/aromatic N) is 1. The van der Waals surface area contributed by atoms with E-state index in [9.17, 15) is 26.4 Å². The number of sulfonamides is 1. The number of carbonyl (C=O) groups excluding carboxylic acids is 1. The summed E-state index contributed by atoms with van der Waals surface area (Å²) in [6.07, 6.45) is -3.53. The van der Waals surface area contributed by atoms with Gasteiger partial charge < -0.3 is 10.1 Å². The first-order valence-corrected chi connectivity index (χ1v) is 9.90. The van der Waals surface area contributed by atoms with E-state index in [4.69, 9.17) is 10.00 Å². The molecule has 0 saturated heterocycles. The first kappa shape index (κ1) is 22.8. The van der Waals surface area contributed by atoms with Gasteiger partial charge in [-0.2, -0.15) is 18.4 Å². The van der Waals surface area contributed by atoms with Crippen molar-refractivity contribution in [2.24, 2.45) is 0 Å². The predicted molar refractivity (Wildman–Crippen MR) is 103 cm³/mol. The highest BCUT2D eigenvalue weighted by Gasteiger charge is 2.30. The second kappa shape index (κ2) is 9.32. The molecule has 7 nitrogen and oxygen atoms in total. The first-order valence-electron chi connectivity index (χ1n) is 8.41. The SMILES string of the molecule is CCOC(=O)/C(C#N)=C/Nc1ccccc1NS(=O)(=O)c1ccc(C(F)(F)F)cc1. The van der Waals surface area contributed by atoms with Crippen LogP contribution in [-0.2, 0) is 25.7 Å². The fourth-order valence-electron chi connectivity index (χ4n) is 2.22. The van der Waals surface area contributed by atoms with Crippen LogP contribution in [0, 0.1) is 11.3 Å². The van der Waals surface area contributed by atoms with Crippen molar-refractivity contribution in [1.82, 2.24) is 0 Å². The van der Waals surface area contributed by atoms with Gasteiger partial charge >= 0.3 is 12.1 Å². The number of ether oxygens (including phenoxy) is 1. The molecule has 0 bridgehead atoms. The van der Waals surface area contributed by atoms with Crippen LogP contribution in [0.1, 0.15) is 12.5 Å². The van der Waals surface area contributed by atoms with E-state index in [1.807, 2.05) is 0 Å². The number of rotatable bonds is 7. The van der Waals surface area contributed by atoms with Crippen molar-refractivity contribution in [3.63, 3.8) is 0 Å². The molecule has 2 rings (SSSR count). The summed E-state index contributed by atoms with van der Waals surface area (Å²) in [5, 5.41) is 11.7. The molecule has 2 N–H and O–H groups in total. The number of hydrogen-bond donors (Lipinski definition) is 2. The molecule has 0 unspecified atom stereocenters. The number of carbonyl (C=O) groups is 1. The maximum Gasteiger partial charge on any atom is 0.416 e. The van der Waals surface area contributed by atoms with Gasteiger partial charge in [0.15, 0.2) is 5.57 Å². The largest absolute Gasteiger partial charge is 0.462 e. The third-order valence-electron chi connectivity index (χ3n) is 3.65. The van der Waals surface area contributed by atoms with Crippen molar-refractivity contribution < 1.29 is 31.1 Å². The molecule has 158 valence electrons. The van der Waals surface area contributed by atoms with E-state index in [0.29, 0.717) is 12.1 Å². The summed E-state index contributed by atoms with van der Waals surface area (Å²) in [4.78, 5) is 11.3. The standard InChI is InChI=1S/C19H16F3N3O4S/c1-2-29-18(26)13(11-23)12-24-16-5-3-4-6-17(16)25-30(27,28)15-9-7-14(8-10-15)19(20,21)22/h3-10,12,24-25H,2H2,1H3/b13-12+. The van der Waals surface area contributed by atoms with Gasteiger partial charge in [-0.1, -0.05) is 12.1 Å². The van der Waals surface area contributed by atoms with E-state index in [-0.39, 0.29) is 28.5 Å². The van der Waals surface area contributed by atoms with Crippen LogP contribution in [0.15, 0.2) is 65.2 Å². The maximum absolute atomic E-state index is 12.7. The Balaban J connectivity index is 2.27. The van der Waals surface area contributed by atoms with E-state index >= 15 is 0 Å². The number of halogens is 3. The highest BCUT2D eigenvalue weighted by Crippen LogP contribution is 2.30. The van der Waals surface area contributed by atoms with Crippen LogP contribution in [0.4, 0.5) is 24.5 Å². The van der Waals surface area contributed by atoms with Crippen LogP contribution in [0.3, 0.4) is 0 Å². The molecule has 0 atom stereocenters. The lowest BCUT2D eigenvalue weighted by atomic mass is 10.2. The number of nitriles is 1. The van der Waals surface area contributed by atoms with Gasteiger partial charge in [0, 0.05) is 6.20 Å². The van der Waals surface area contributed by atoms with Crippen LogP contribution in [0.25, 0.3) is 0 Å². The molecule has 11 heteroatoms. The number of anilines is 2. The fraction of sp³-hybridized carbons (Fsp3) is 0.158. The molecular formula is C19H16F3N3O4S. The van der Waals surface area contributed by atoms with Gasteiger partial charge in [-0.05, 0) is 43.3 Å². The van der Waals surface area contributed by atoms with Crippen molar-refractivity contribution in [3.05, 3.63) is 65.9 Å². The van der Waals surface area contributed by atoms with Crippen molar-refractivity contribution >= 4 is 27.4 Å². The summed E-state index contributed by atoms with van der Waals surface area (Å²) in [6.45, 7) is 1.65. The Morgan fingerprint density at radius 3 is 2.27 bits per heavy atom. The van der Waals surface area contributed by atoms with Crippen LogP contribution in [0.5, 0.6) is 0 Å². The first-order chi connectivity index (χ1) is 14.1. The Bertz CT molecular complexity index is 1090. The van der Waals surface area contributed by atoms with Gasteiger partial charge in [0.2, 0.25) is 0 Å². The smallest absolute Gasteiger partial charge is 0.416 e. The summed E-state index contributed by atoms with van der Waals surface area (Å²) >= 11 is 0. The lowest BCUT2D eigenvalue weighted by Crippen LogP contribution is -2.15. The average molecular weight is 439 g/mol. The van der Waals surface area contributed by atoms with E-state index < -0.39 is 27.7 Å². The van der Waals surface area contributed by atoms with Crippen molar-refractivity contribution in [2.75, 3.05) is 16.6 Å². The maximum atomic E-state index is 12.7. The lowest BCUT2D eigenvalue weighted by molar-refractivity contribution is -0.138. The summed E-state index contributed by atoms with van der Waals surface area (Å²) in [7, 11) is -4.20. The zero-order valence-electron chi connectivity index (χ0n) is 15.5. The molecule has 30 heavy (non-hydrogen) atoms. The van der Waals surface area contributed by atoms with E-state index in [2.05, 4.69) is 10.0 Å². The van der Waals surface area contributed by atoms with Crippen molar-refractivity contribution in [1.29, 1.82) is 5.26 Å². The average Bonchev–Trinajstić information content (AvgIpc) is 2.69. The van der Waals surface area contributed by atoms with Crippen LogP contribution in [0.2, 0.25) is 0 Å². The molecule has 0 aliphatic heterocycles. The van der Waals surface area contributed by atoms with Crippen LogP contribution in [-0.4, -0.2) is 21.0 Å². The Kier molecular flexibility index (Phi) is 7.07. The van der Waals surface area contributed by atoms with E-state index in [1.165, 1.54) is 18.2 Å². The minimum absolute atomic E-state index is 0.0507. The molecule has 2 aromatic rings. The number of hydrogen-bond acceptors (Lipinski definition) is 6. The zero-order chi connectivity index (χ0) is 22.4. The van der Waals surface area contributed by atoms with Gasteiger partial charge in [0.05, 0.1) is 28.4 Å². The van der Waals surface area contributed by atoms with Gasteiger partial charge in [-0.25, -0.2) is 13.2 Å². The molecule has 2 aromatic carbocycles. The summed E-state index contributed by atoms with van der Waals surface area (Å²) in [5.41, 5.74) is -1.06. The van der Waals surface area contributed by atoms with Gasteiger partial charge in [0.1, 0.15) is 6.07 Å². The summed E-state index contributed by atoms with van der Waals surface area (Å²) < 4.78 is 70.1. The van der Waals surface area contributed by atoms with Gasteiger partial charge in [-0.3, -0.25) is 4.72 Å². The van der Waals surface area contributed by atoms with Gasteiger partial charge in [-0.15, -0.1) is 0 Å². The molecule has 0 saturated carbocycles. The number of para-hydroxylation sites is 2. The minimum Gasteiger partial charge on any atom is -0.462 e. The Morgan fingerprint density at radius 2 is 1.73 bits per heavy atom. The topological polar surface area (TPSA) is 108 Å². The quantitative estimate of drug-likeness (QED) is 0.385. The Labute approximate surface area is 170 Å². The third kappa shape index (κ3) is 5.74. The van der Waals surface area contributed by atoms with E-state index in [0.717, 1.165) is 18.3 Å². The number of alkyl halides is 3. The number of nitrogens with one attached hydrogen (secondary N) is 2. The molecular weight excluding hydrogens is 423 g/mol. The van der Waals surface area contributed by atoms with Crippen molar-refractivity contribution in [2.45, 2.75) is 18.0 Å². The van der Waals surface area contributed by atoms with Gasteiger partial charge in [0.25, 0.3) is 10.0 Å².